The molecule has 0 amide bonds. The molecule has 43 heavy (non-hydrogen) atoms. The first-order valence-electron chi connectivity index (χ1n) is 15.2. The molecule has 0 aliphatic heterocycles. The van der Waals surface area contributed by atoms with Crippen LogP contribution in [-0.2, 0) is 0 Å². The summed E-state index contributed by atoms with van der Waals surface area (Å²) in [5, 5.41) is 7.80. The van der Waals surface area contributed by atoms with Gasteiger partial charge in [-0.2, -0.15) is 0 Å². The Morgan fingerprint density at radius 3 is 1.72 bits per heavy atom. The number of hydrogen-bond acceptors (Lipinski definition) is 0. The number of benzene rings is 7. The normalized spacial score (nSPS) is 16.3. The lowest BCUT2D eigenvalue weighted by Crippen LogP contribution is -2.00. The fourth-order valence-electron chi connectivity index (χ4n) is 8.10. The van der Waals surface area contributed by atoms with Crippen LogP contribution < -0.4 is 0 Å². The van der Waals surface area contributed by atoms with Crippen molar-refractivity contribution in [2.24, 2.45) is 0 Å². The first-order valence-corrected chi connectivity index (χ1v) is 15.2. The van der Waals surface area contributed by atoms with E-state index in [1.165, 1.54) is 93.6 Å². The average molecular weight is 543 g/mol. The predicted molar refractivity (Wildman–Crippen MR) is 183 cm³/mol. The van der Waals surface area contributed by atoms with Crippen molar-refractivity contribution in [3.8, 4) is 0 Å². The highest BCUT2D eigenvalue weighted by Crippen LogP contribution is 2.63. The lowest BCUT2D eigenvalue weighted by molar-refractivity contribution is 1.14. The van der Waals surface area contributed by atoms with E-state index in [9.17, 15) is 0 Å². The molecule has 0 nitrogen and oxygen atoms in total. The minimum Gasteiger partial charge on any atom is -0.0720 e. The maximum atomic E-state index is 2.43. The van der Waals surface area contributed by atoms with Crippen molar-refractivity contribution in [2.75, 3.05) is 0 Å². The van der Waals surface area contributed by atoms with Crippen LogP contribution in [0, 0.1) is 0 Å². The SMILES string of the molecule is C1=CC(C2=C3C(=C(c4cccc5ccccc45)c4ccc5ccccc5c43)c3c2ccc2ccccc32)c2ccccc21. The first kappa shape index (κ1) is 23.1. The molecule has 0 heterocycles. The largest absolute Gasteiger partial charge is 0.0720 e. The molecule has 10 rings (SSSR count). The Morgan fingerprint density at radius 2 is 0.953 bits per heavy atom. The zero-order valence-electron chi connectivity index (χ0n) is 23.5. The quantitative estimate of drug-likeness (QED) is 0.204. The number of rotatable bonds is 2. The molecule has 0 radical (unpaired) electrons. The summed E-state index contributed by atoms with van der Waals surface area (Å²) in [5.41, 5.74) is 15.1. The molecule has 0 N–H and O–H groups in total. The average Bonchev–Trinajstić information content (AvgIpc) is 3.74. The van der Waals surface area contributed by atoms with Gasteiger partial charge in [0, 0.05) is 5.92 Å². The molecule has 0 saturated carbocycles. The molecule has 0 spiro atoms. The third kappa shape index (κ3) is 3.05. The topological polar surface area (TPSA) is 0 Å². The summed E-state index contributed by atoms with van der Waals surface area (Å²) in [6, 6.07) is 51.8. The molecule has 0 saturated heterocycles. The van der Waals surface area contributed by atoms with E-state index in [1.54, 1.807) is 0 Å². The van der Waals surface area contributed by atoms with Crippen LogP contribution in [0.3, 0.4) is 0 Å². The van der Waals surface area contributed by atoms with E-state index in [0.717, 1.165) is 0 Å². The monoisotopic (exact) mass is 542 g/mol. The summed E-state index contributed by atoms with van der Waals surface area (Å²) in [6.45, 7) is 0. The third-order valence-corrected chi connectivity index (χ3v) is 9.86. The molecule has 7 aromatic rings. The van der Waals surface area contributed by atoms with E-state index in [0.29, 0.717) is 0 Å². The number of allylic oxidation sites excluding steroid dienone is 4. The van der Waals surface area contributed by atoms with Crippen molar-refractivity contribution in [2.45, 2.75) is 5.92 Å². The zero-order chi connectivity index (χ0) is 28.1. The maximum absolute atomic E-state index is 2.43. The van der Waals surface area contributed by atoms with Crippen molar-refractivity contribution in [3.05, 3.63) is 185 Å². The Balaban J connectivity index is 1.43. The highest BCUT2D eigenvalue weighted by Gasteiger charge is 2.41. The van der Waals surface area contributed by atoms with Crippen LogP contribution in [0.2, 0.25) is 0 Å². The van der Waals surface area contributed by atoms with E-state index in [2.05, 4.69) is 152 Å². The molecule has 3 aliphatic carbocycles. The van der Waals surface area contributed by atoms with Gasteiger partial charge in [-0.15, -0.1) is 0 Å². The fourth-order valence-corrected chi connectivity index (χ4v) is 8.10. The van der Waals surface area contributed by atoms with Gasteiger partial charge in [0.05, 0.1) is 0 Å². The van der Waals surface area contributed by atoms with Crippen LogP contribution in [0.25, 0.3) is 60.7 Å². The van der Waals surface area contributed by atoms with Crippen LogP contribution in [0.1, 0.15) is 44.9 Å². The van der Waals surface area contributed by atoms with Gasteiger partial charge in [-0.25, -0.2) is 0 Å². The van der Waals surface area contributed by atoms with Crippen LogP contribution >= 0.6 is 0 Å². The molecule has 0 heteroatoms. The van der Waals surface area contributed by atoms with Crippen LogP contribution in [0.4, 0.5) is 0 Å². The summed E-state index contributed by atoms with van der Waals surface area (Å²) >= 11 is 0. The van der Waals surface area contributed by atoms with Gasteiger partial charge in [-0.05, 0) is 93.6 Å². The standard InChI is InChI=1S/C43H26/c1-5-15-30-26(10-1)14-9-19-34(30)40-36-24-21-28-12-3-7-17-32(28)38(36)43-41(35-23-20-27-11-2-6-16-31(27)35)37-25-22-29-13-4-8-18-33(29)39(37)42(40)43/h1-25,35H. The first-order chi connectivity index (χ1) is 21.4. The van der Waals surface area contributed by atoms with Crippen LogP contribution in [0.5, 0.6) is 0 Å². The van der Waals surface area contributed by atoms with Crippen molar-refractivity contribution < 1.29 is 0 Å². The number of fused-ring (bicyclic) bond motifs is 11. The van der Waals surface area contributed by atoms with Crippen molar-refractivity contribution in [1.82, 2.24) is 0 Å². The second-order valence-corrected chi connectivity index (χ2v) is 11.9. The van der Waals surface area contributed by atoms with Gasteiger partial charge in [0.1, 0.15) is 0 Å². The Bertz CT molecular complexity index is 2440. The predicted octanol–water partition coefficient (Wildman–Crippen LogP) is 11.2. The Morgan fingerprint density at radius 1 is 0.372 bits per heavy atom. The Labute approximate surface area is 250 Å². The summed E-state index contributed by atoms with van der Waals surface area (Å²) < 4.78 is 0. The molecule has 7 aromatic carbocycles. The minimum absolute atomic E-state index is 0.197. The van der Waals surface area contributed by atoms with Gasteiger partial charge < -0.3 is 0 Å². The minimum atomic E-state index is 0.197. The molecule has 0 aromatic heterocycles. The highest BCUT2D eigenvalue weighted by atomic mass is 14.4. The van der Waals surface area contributed by atoms with Crippen LogP contribution in [-0.4, -0.2) is 0 Å². The molecule has 0 bridgehead atoms. The molecule has 0 fully saturated rings. The molecule has 198 valence electrons. The molecule has 1 atom stereocenters. The maximum Gasteiger partial charge on any atom is 0.0291 e. The van der Waals surface area contributed by atoms with Gasteiger partial charge in [-0.3, -0.25) is 0 Å². The van der Waals surface area contributed by atoms with Gasteiger partial charge >= 0.3 is 0 Å². The van der Waals surface area contributed by atoms with Gasteiger partial charge in [0.15, 0.2) is 0 Å². The summed E-state index contributed by atoms with van der Waals surface area (Å²) in [4.78, 5) is 0. The van der Waals surface area contributed by atoms with Crippen molar-refractivity contribution in [3.63, 3.8) is 0 Å². The lowest BCUT2D eigenvalue weighted by Gasteiger charge is -2.19. The van der Waals surface area contributed by atoms with Gasteiger partial charge in [-0.1, -0.05) is 152 Å². The molecule has 1 unspecified atom stereocenters. The molecular formula is C43H26. The molecular weight excluding hydrogens is 516 g/mol. The van der Waals surface area contributed by atoms with E-state index in [4.69, 9.17) is 0 Å². The highest BCUT2D eigenvalue weighted by molar-refractivity contribution is 6.39. The molecule has 3 aliphatic rings. The van der Waals surface area contributed by atoms with Crippen molar-refractivity contribution in [1.29, 1.82) is 0 Å². The van der Waals surface area contributed by atoms with Crippen LogP contribution in [0.15, 0.2) is 146 Å². The van der Waals surface area contributed by atoms with Crippen molar-refractivity contribution >= 4 is 60.7 Å². The summed E-state index contributed by atoms with van der Waals surface area (Å²) in [7, 11) is 0. The Kier molecular flexibility index (Phi) is 4.59. The third-order valence-electron chi connectivity index (χ3n) is 9.86. The van der Waals surface area contributed by atoms with E-state index >= 15 is 0 Å². The van der Waals surface area contributed by atoms with E-state index < -0.39 is 0 Å². The van der Waals surface area contributed by atoms with E-state index in [-0.39, 0.29) is 5.92 Å². The lowest BCUT2D eigenvalue weighted by atomic mass is 9.84. The van der Waals surface area contributed by atoms with E-state index in [1.807, 2.05) is 0 Å². The second kappa shape index (κ2) is 8.53. The second-order valence-electron chi connectivity index (χ2n) is 11.9. The fraction of sp³-hybridized carbons (Fsp3) is 0.0233. The zero-order valence-corrected chi connectivity index (χ0v) is 23.5. The van der Waals surface area contributed by atoms with Gasteiger partial charge in [0.25, 0.3) is 0 Å². The number of hydrogen-bond donors (Lipinski definition) is 0. The smallest absolute Gasteiger partial charge is 0.0291 e. The summed E-state index contributed by atoms with van der Waals surface area (Å²) in [6.07, 6.45) is 4.75. The van der Waals surface area contributed by atoms with Gasteiger partial charge in [0.2, 0.25) is 0 Å². The summed E-state index contributed by atoms with van der Waals surface area (Å²) in [5.74, 6) is 0.197. The Hall–Kier alpha value is -5.46.